The maximum Gasteiger partial charge on any atom is 0.363 e. The van der Waals surface area contributed by atoms with Gasteiger partial charge in [0, 0.05) is 16.1 Å². The summed E-state index contributed by atoms with van der Waals surface area (Å²) < 4.78 is 16.0. The van der Waals surface area contributed by atoms with Crippen LogP contribution in [-0.4, -0.2) is 24.9 Å². The molecule has 1 aliphatic rings. The molecule has 0 aromatic heterocycles. The van der Waals surface area contributed by atoms with Gasteiger partial charge in [-0.3, -0.25) is 0 Å². The molecule has 1 heterocycles. The van der Waals surface area contributed by atoms with Gasteiger partial charge < -0.3 is 14.2 Å². The SMILES string of the molecule is COc1cccc(C2=N/C(=C/c3ccccc3OC(=O)c3ccc(Cl)cc3)C(=O)O2)c1. The average molecular weight is 434 g/mol. The molecular formula is C24H16ClNO5. The van der Waals surface area contributed by atoms with E-state index in [1.807, 2.05) is 0 Å². The van der Waals surface area contributed by atoms with Gasteiger partial charge in [-0.2, -0.15) is 0 Å². The Kier molecular flexibility index (Phi) is 5.82. The molecule has 0 spiro atoms. The van der Waals surface area contributed by atoms with Crippen LogP contribution in [0.4, 0.5) is 0 Å². The molecule has 0 atom stereocenters. The molecule has 0 N–H and O–H groups in total. The molecule has 0 fully saturated rings. The van der Waals surface area contributed by atoms with Crippen LogP contribution in [0.1, 0.15) is 21.5 Å². The van der Waals surface area contributed by atoms with Crippen LogP contribution in [0, 0.1) is 0 Å². The van der Waals surface area contributed by atoms with E-state index < -0.39 is 11.9 Å². The smallest absolute Gasteiger partial charge is 0.363 e. The molecule has 0 unspecified atom stereocenters. The summed E-state index contributed by atoms with van der Waals surface area (Å²) in [7, 11) is 1.55. The number of benzene rings is 3. The summed E-state index contributed by atoms with van der Waals surface area (Å²) in [5.41, 5.74) is 1.56. The fourth-order valence-corrected chi connectivity index (χ4v) is 3.00. The van der Waals surface area contributed by atoms with Gasteiger partial charge in [0.25, 0.3) is 0 Å². The highest BCUT2D eigenvalue weighted by atomic mass is 35.5. The summed E-state index contributed by atoms with van der Waals surface area (Å²) in [6.07, 6.45) is 1.51. The maximum atomic E-state index is 12.5. The van der Waals surface area contributed by atoms with E-state index in [4.69, 9.17) is 25.8 Å². The molecular weight excluding hydrogens is 418 g/mol. The van der Waals surface area contributed by atoms with Crippen molar-refractivity contribution in [2.75, 3.05) is 7.11 Å². The van der Waals surface area contributed by atoms with E-state index in [9.17, 15) is 9.59 Å². The number of hydrogen-bond donors (Lipinski definition) is 0. The zero-order chi connectivity index (χ0) is 21.8. The van der Waals surface area contributed by atoms with Gasteiger partial charge in [-0.25, -0.2) is 14.6 Å². The van der Waals surface area contributed by atoms with Crippen molar-refractivity contribution in [1.82, 2.24) is 0 Å². The molecule has 0 saturated carbocycles. The lowest BCUT2D eigenvalue weighted by atomic mass is 10.1. The summed E-state index contributed by atoms with van der Waals surface area (Å²) in [4.78, 5) is 29.1. The first-order valence-electron chi connectivity index (χ1n) is 9.27. The number of nitrogens with zero attached hydrogens (tertiary/aromatic N) is 1. The van der Waals surface area contributed by atoms with Gasteiger partial charge in [-0.05, 0) is 54.6 Å². The fourth-order valence-electron chi connectivity index (χ4n) is 2.87. The number of halogens is 1. The Labute approximate surface area is 183 Å². The first-order valence-corrected chi connectivity index (χ1v) is 9.65. The van der Waals surface area contributed by atoms with E-state index in [0.717, 1.165) is 0 Å². The summed E-state index contributed by atoms with van der Waals surface area (Å²) >= 11 is 5.86. The number of carbonyl (C=O) groups excluding carboxylic acids is 2. The van der Waals surface area contributed by atoms with Crippen molar-refractivity contribution in [3.8, 4) is 11.5 Å². The summed E-state index contributed by atoms with van der Waals surface area (Å²) in [6.45, 7) is 0. The number of esters is 2. The van der Waals surface area contributed by atoms with E-state index in [0.29, 0.717) is 27.5 Å². The van der Waals surface area contributed by atoms with Gasteiger partial charge in [-0.1, -0.05) is 35.9 Å². The lowest BCUT2D eigenvalue weighted by molar-refractivity contribution is -0.129. The van der Waals surface area contributed by atoms with Gasteiger partial charge in [0.15, 0.2) is 5.70 Å². The van der Waals surface area contributed by atoms with Gasteiger partial charge in [0.2, 0.25) is 5.90 Å². The number of methoxy groups -OCH3 is 1. The highest BCUT2D eigenvalue weighted by Crippen LogP contribution is 2.26. The van der Waals surface area contributed by atoms with Crippen LogP contribution in [0.2, 0.25) is 5.02 Å². The lowest BCUT2D eigenvalue weighted by Gasteiger charge is -2.07. The van der Waals surface area contributed by atoms with Crippen molar-refractivity contribution in [3.63, 3.8) is 0 Å². The second-order valence-corrected chi connectivity index (χ2v) is 6.94. The molecule has 31 heavy (non-hydrogen) atoms. The van der Waals surface area contributed by atoms with Gasteiger partial charge in [0.05, 0.1) is 12.7 Å². The van der Waals surface area contributed by atoms with Crippen LogP contribution in [-0.2, 0) is 9.53 Å². The topological polar surface area (TPSA) is 74.2 Å². The molecule has 0 amide bonds. The van der Waals surface area contributed by atoms with Crippen LogP contribution in [0.3, 0.4) is 0 Å². The van der Waals surface area contributed by atoms with Crippen LogP contribution < -0.4 is 9.47 Å². The molecule has 154 valence electrons. The number of aliphatic imine (C=N–C) groups is 1. The van der Waals surface area contributed by atoms with E-state index in [1.54, 1.807) is 79.9 Å². The molecule has 6 nitrogen and oxygen atoms in total. The second kappa shape index (κ2) is 8.85. The molecule has 0 bridgehead atoms. The minimum Gasteiger partial charge on any atom is -0.497 e. The Morgan fingerprint density at radius 2 is 1.81 bits per heavy atom. The van der Waals surface area contributed by atoms with Crippen LogP contribution >= 0.6 is 11.6 Å². The number of para-hydroxylation sites is 1. The fraction of sp³-hybridized carbons (Fsp3) is 0.0417. The standard InChI is InChI=1S/C24H16ClNO5/c1-29-19-7-4-6-17(13-19)22-26-20(24(28)31-22)14-16-5-2-3-8-21(16)30-23(27)15-9-11-18(25)12-10-15/h2-14H,1H3/b20-14+. The molecule has 0 saturated heterocycles. The van der Waals surface area contributed by atoms with Gasteiger partial charge in [-0.15, -0.1) is 0 Å². The molecule has 3 aromatic rings. The zero-order valence-electron chi connectivity index (χ0n) is 16.4. The predicted octanol–water partition coefficient (Wildman–Crippen LogP) is 4.91. The first-order chi connectivity index (χ1) is 15.0. The van der Waals surface area contributed by atoms with Crippen molar-refractivity contribution in [2.45, 2.75) is 0 Å². The summed E-state index contributed by atoms with van der Waals surface area (Å²) in [6, 6.07) is 20.2. The number of cyclic esters (lactones) is 1. The molecule has 0 radical (unpaired) electrons. The molecule has 3 aromatic carbocycles. The van der Waals surface area contributed by atoms with Gasteiger partial charge in [0.1, 0.15) is 11.5 Å². The normalized spacial score (nSPS) is 14.2. The summed E-state index contributed by atoms with van der Waals surface area (Å²) in [5.74, 6) is -0.0690. The summed E-state index contributed by atoms with van der Waals surface area (Å²) in [5, 5.41) is 0.520. The highest BCUT2D eigenvalue weighted by Gasteiger charge is 2.25. The first kappa shape index (κ1) is 20.4. The molecule has 1 aliphatic heterocycles. The van der Waals surface area contributed by atoms with Crippen LogP contribution in [0.25, 0.3) is 6.08 Å². The van der Waals surface area contributed by atoms with E-state index in [1.165, 1.54) is 6.08 Å². The van der Waals surface area contributed by atoms with E-state index in [-0.39, 0.29) is 17.3 Å². The lowest BCUT2D eigenvalue weighted by Crippen LogP contribution is -2.09. The highest BCUT2D eigenvalue weighted by molar-refractivity contribution is 6.30. The molecule has 0 aliphatic carbocycles. The van der Waals surface area contributed by atoms with Crippen LogP contribution in [0.5, 0.6) is 11.5 Å². The Morgan fingerprint density at radius 1 is 1.03 bits per heavy atom. The van der Waals surface area contributed by atoms with E-state index >= 15 is 0 Å². The van der Waals surface area contributed by atoms with Crippen molar-refractivity contribution < 1.29 is 23.8 Å². The zero-order valence-corrected chi connectivity index (χ0v) is 17.1. The Hall–Kier alpha value is -3.90. The number of rotatable bonds is 5. The van der Waals surface area contributed by atoms with Crippen molar-refractivity contribution in [2.24, 2.45) is 4.99 Å². The average Bonchev–Trinajstić information content (AvgIpc) is 3.16. The third-order valence-corrected chi connectivity index (χ3v) is 4.68. The number of hydrogen-bond acceptors (Lipinski definition) is 6. The van der Waals surface area contributed by atoms with E-state index in [2.05, 4.69) is 4.99 Å². The monoisotopic (exact) mass is 433 g/mol. The largest absolute Gasteiger partial charge is 0.497 e. The quantitative estimate of drug-likeness (QED) is 0.324. The van der Waals surface area contributed by atoms with Crippen molar-refractivity contribution in [3.05, 3.63) is 100 Å². The minimum absolute atomic E-state index is 0.0906. The van der Waals surface area contributed by atoms with Crippen LogP contribution in [0.15, 0.2) is 83.5 Å². The number of ether oxygens (including phenoxy) is 3. The molecule has 7 heteroatoms. The second-order valence-electron chi connectivity index (χ2n) is 6.50. The minimum atomic E-state index is -0.600. The Morgan fingerprint density at radius 3 is 2.58 bits per heavy atom. The predicted molar refractivity (Wildman–Crippen MR) is 116 cm³/mol. The Balaban J connectivity index is 1.61. The van der Waals surface area contributed by atoms with Crippen molar-refractivity contribution >= 4 is 35.5 Å². The Bertz CT molecular complexity index is 1210. The van der Waals surface area contributed by atoms with Gasteiger partial charge >= 0.3 is 11.9 Å². The van der Waals surface area contributed by atoms with Crippen molar-refractivity contribution in [1.29, 1.82) is 0 Å². The third-order valence-electron chi connectivity index (χ3n) is 4.43. The third kappa shape index (κ3) is 4.65. The number of carbonyl (C=O) groups is 2. The molecule has 4 rings (SSSR count). The maximum absolute atomic E-state index is 12.5.